The van der Waals surface area contributed by atoms with Crippen molar-refractivity contribution in [1.29, 1.82) is 0 Å². The predicted molar refractivity (Wildman–Crippen MR) is 188 cm³/mol. The molecule has 0 saturated carbocycles. The molecule has 4 rings (SSSR count). The van der Waals surface area contributed by atoms with Crippen LogP contribution in [0.3, 0.4) is 0 Å². The molecular weight excluding hydrogens is 521 g/mol. The summed E-state index contributed by atoms with van der Waals surface area (Å²) in [5, 5.41) is 0. The summed E-state index contributed by atoms with van der Waals surface area (Å²) in [7, 11) is 3.83. The standard InChI is InChI=1S/C41H47Si/c1-10-28(6)18-24-36(12-3)41(35(11-2)23-17-27(4)5)37-16-14-13-15-29(7)39(37)40-30(8)25-34(26-38(40)41)33-21-19-32(20-22-33)31(9)42/h11-19,21,23-26,29,31H,3-4,10,20,22H2,1-2,5-9H3/b23-17-,28-18-,35-11+,36-24+. The smallest absolute Gasteiger partial charge is 0.0707 e. The van der Waals surface area contributed by atoms with Crippen LogP contribution in [-0.2, 0) is 5.41 Å². The van der Waals surface area contributed by atoms with E-state index in [-0.39, 0.29) is 5.92 Å². The van der Waals surface area contributed by atoms with Crippen molar-refractivity contribution in [3.63, 3.8) is 0 Å². The molecule has 0 N–H and O–H groups in total. The van der Waals surface area contributed by atoms with E-state index in [0.717, 1.165) is 24.8 Å². The highest BCUT2D eigenvalue weighted by molar-refractivity contribution is 6.13. The van der Waals surface area contributed by atoms with E-state index in [1.807, 2.05) is 0 Å². The first-order valence-electron chi connectivity index (χ1n) is 15.5. The molecule has 0 amide bonds. The summed E-state index contributed by atoms with van der Waals surface area (Å²) in [6.07, 6.45) is 30.3. The van der Waals surface area contributed by atoms with Crippen molar-refractivity contribution >= 4 is 21.4 Å². The molecule has 0 spiro atoms. The van der Waals surface area contributed by atoms with Gasteiger partial charge < -0.3 is 0 Å². The molecule has 0 saturated heterocycles. The molecule has 0 nitrogen and oxygen atoms in total. The van der Waals surface area contributed by atoms with Crippen LogP contribution in [0.25, 0.3) is 11.1 Å². The summed E-state index contributed by atoms with van der Waals surface area (Å²) >= 11 is 0. The van der Waals surface area contributed by atoms with Gasteiger partial charge in [-0.3, -0.25) is 0 Å². The molecule has 3 radical (unpaired) electrons. The maximum atomic E-state index is 4.43. The van der Waals surface area contributed by atoms with Gasteiger partial charge in [0.2, 0.25) is 0 Å². The first-order valence-corrected chi connectivity index (χ1v) is 16.0. The number of fused-ring (bicyclic) bond motifs is 2. The molecule has 1 aromatic rings. The van der Waals surface area contributed by atoms with Crippen LogP contribution in [-0.4, -0.2) is 10.2 Å². The van der Waals surface area contributed by atoms with Crippen molar-refractivity contribution in [2.24, 2.45) is 5.92 Å². The van der Waals surface area contributed by atoms with Gasteiger partial charge in [0.15, 0.2) is 0 Å². The van der Waals surface area contributed by atoms with E-state index < -0.39 is 5.41 Å². The van der Waals surface area contributed by atoms with Crippen molar-refractivity contribution in [2.75, 3.05) is 0 Å². The SMILES string of the molecule is C=C/C(=C\C=C(\C)CC)C1(C(/C=C\C(=C)C)=C/C)C2=C(c3c(C)cc(C4=CC=C(C(C)[Si])CC4)cc31)C(C)C=CC=C2. The lowest BCUT2D eigenvalue weighted by atomic mass is 9.64. The third-order valence-corrected chi connectivity index (χ3v) is 9.46. The van der Waals surface area contributed by atoms with Gasteiger partial charge in [-0.25, -0.2) is 0 Å². The van der Waals surface area contributed by atoms with Crippen LogP contribution >= 0.6 is 0 Å². The summed E-state index contributed by atoms with van der Waals surface area (Å²) in [5.74, 6) is 0.280. The van der Waals surface area contributed by atoms with E-state index >= 15 is 0 Å². The molecule has 3 aliphatic carbocycles. The lowest BCUT2D eigenvalue weighted by Crippen LogP contribution is -2.30. The maximum Gasteiger partial charge on any atom is 0.0707 e. The van der Waals surface area contributed by atoms with E-state index in [4.69, 9.17) is 0 Å². The predicted octanol–water partition coefficient (Wildman–Crippen LogP) is 11.4. The third kappa shape index (κ3) is 5.77. The second-order valence-corrected chi connectivity index (χ2v) is 13.0. The largest absolute Gasteiger partial charge is 0.0987 e. The number of allylic oxidation sites excluding steroid dienone is 20. The van der Waals surface area contributed by atoms with Crippen LogP contribution < -0.4 is 0 Å². The minimum Gasteiger partial charge on any atom is -0.0987 e. The second-order valence-electron chi connectivity index (χ2n) is 12.1. The Morgan fingerprint density at radius 1 is 1.10 bits per heavy atom. The summed E-state index contributed by atoms with van der Waals surface area (Å²) < 4.78 is 0. The zero-order chi connectivity index (χ0) is 30.6. The zero-order valence-corrected chi connectivity index (χ0v) is 27.8. The molecule has 0 heterocycles. The summed E-state index contributed by atoms with van der Waals surface area (Å²) in [6, 6.07) is 4.92. The summed E-state index contributed by atoms with van der Waals surface area (Å²) in [4.78, 5) is 0. The van der Waals surface area contributed by atoms with Crippen LogP contribution in [0.4, 0.5) is 0 Å². The Kier molecular flexibility index (Phi) is 9.95. The van der Waals surface area contributed by atoms with Crippen molar-refractivity contribution < 1.29 is 0 Å². The van der Waals surface area contributed by atoms with Gasteiger partial charge in [0, 0.05) is 16.2 Å². The van der Waals surface area contributed by atoms with Gasteiger partial charge in [-0.15, -0.1) is 0 Å². The van der Waals surface area contributed by atoms with Crippen molar-refractivity contribution in [1.82, 2.24) is 0 Å². The van der Waals surface area contributed by atoms with Gasteiger partial charge in [0.05, 0.1) is 5.41 Å². The fourth-order valence-electron chi connectivity index (χ4n) is 6.68. The van der Waals surface area contributed by atoms with Crippen LogP contribution in [0.5, 0.6) is 0 Å². The normalized spacial score (nSPS) is 23.4. The van der Waals surface area contributed by atoms with Crippen LogP contribution in [0.1, 0.15) is 83.1 Å². The molecule has 0 aliphatic heterocycles. The number of hydrogen-bond acceptors (Lipinski definition) is 0. The molecule has 215 valence electrons. The maximum absolute atomic E-state index is 4.43. The van der Waals surface area contributed by atoms with Crippen molar-refractivity contribution in [2.45, 2.75) is 78.7 Å². The molecule has 3 aliphatic rings. The van der Waals surface area contributed by atoms with Crippen molar-refractivity contribution in [3.05, 3.63) is 154 Å². The summed E-state index contributed by atoms with van der Waals surface area (Å²) in [5.41, 5.74) is 15.7. The second kappa shape index (κ2) is 13.3. The van der Waals surface area contributed by atoms with Crippen LogP contribution in [0.2, 0.25) is 5.54 Å². The average Bonchev–Trinajstić information content (AvgIpc) is 3.12. The molecule has 1 heteroatoms. The monoisotopic (exact) mass is 567 g/mol. The molecule has 3 unspecified atom stereocenters. The third-order valence-electron chi connectivity index (χ3n) is 9.09. The van der Waals surface area contributed by atoms with E-state index in [2.05, 4.69) is 157 Å². The molecular formula is C41H47Si. The number of hydrogen-bond donors (Lipinski definition) is 0. The van der Waals surface area contributed by atoms with Gasteiger partial charge >= 0.3 is 0 Å². The average molecular weight is 568 g/mol. The Labute approximate surface area is 259 Å². The highest BCUT2D eigenvalue weighted by Crippen LogP contribution is 2.59. The Balaban J connectivity index is 2.16. The van der Waals surface area contributed by atoms with E-state index in [1.165, 1.54) is 61.3 Å². The zero-order valence-electron chi connectivity index (χ0n) is 26.8. The number of rotatable bonds is 9. The Hall–Kier alpha value is -3.42. The van der Waals surface area contributed by atoms with Crippen molar-refractivity contribution in [3.8, 4) is 0 Å². The van der Waals surface area contributed by atoms with Gasteiger partial charge in [0.25, 0.3) is 0 Å². The fraction of sp³-hybridized carbons (Fsp3) is 0.317. The van der Waals surface area contributed by atoms with E-state index in [1.54, 1.807) is 0 Å². The quantitative estimate of drug-likeness (QED) is 0.206. The van der Waals surface area contributed by atoms with Gasteiger partial charge in [-0.1, -0.05) is 130 Å². The molecule has 0 bridgehead atoms. The lowest BCUT2D eigenvalue weighted by Gasteiger charge is -2.37. The Bertz CT molecular complexity index is 1550. The highest BCUT2D eigenvalue weighted by Gasteiger charge is 2.49. The van der Waals surface area contributed by atoms with Gasteiger partial charge in [-0.05, 0) is 109 Å². The number of aryl methyl sites for hydroxylation is 1. The van der Waals surface area contributed by atoms with Crippen LogP contribution in [0.15, 0.2) is 132 Å². The topological polar surface area (TPSA) is 0 Å². The fourth-order valence-corrected chi connectivity index (χ4v) is 6.92. The number of benzene rings is 1. The lowest BCUT2D eigenvalue weighted by molar-refractivity contribution is 0.753. The van der Waals surface area contributed by atoms with Gasteiger partial charge in [-0.2, -0.15) is 0 Å². The molecule has 3 atom stereocenters. The molecule has 0 aromatic heterocycles. The minimum atomic E-state index is -0.504. The first kappa shape index (κ1) is 31.5. The minimum absolute atomic E-state index is 0.280. The van der Waals surface area contributed by atoms with E-state index in [0.29, 0.717) is 5.54 Å². The first-order chi connectivity index (χ1) is 20.1. The molecule has 42 heavy (non-hydrogen) atoms. The van der Waals surface area contributed by atoms with Crippen LogP contribution in [0, 0.1) is 12.8 Å². The Morgan fingerprint density at radius 2 is 1.86 bits per heavy atom. The van der Waals surface area contributed by atoms with E-state index in [9.17, 15) is 0 Å². The highest BCUT2D eigenvalue weighted by atomic mass is 28.1. The molecule has 1 aromatic carbocycles. The Morgan fingerprint density at radius 3 is 2.45 bits per heavy atom. The van der Waals surface area contributed by atoms with Gasteiger partial charge in [0.1, 0.15) is 0 Å². The molecule has 0 fully saturated rings. The summed E-state index contributed by atoms with van der Waals surface area (Å²) in [6.45, 7) is 24.1.